The Morgan fingerprint density at radius 2 is 2.13 bits per heavy atom. The van der Waals surface area contributed by atoms with Gasteiger partial charge in [0.1, 0.15) is 0 Å². The maximum Gasteiger partial charge on any atom is 0.407 e. The summed E-state index contributed by atoms with van der Waals surface area (Å²) in [6, 6.07) is 7.90. The summed E-state index contributed by atoms with van der Waals surface area (Å²) in [6.07, 6.45) is 3.37. The van der Waals surface area contributed by atoms with Crippen LogP contribution in [0.3, 0.4) is 0 Å². The number of rotatable bonds is 3. The molecule has 0 heterocycles. The largest absolute Gasteiger partial charge is 0.453 e. The molecule has 0 fully saturated rings. The summed E-state index contributed by atoms with van der Waals surface area (Å²) in [5.41, 5.74) is 1.09. The molecule has 0 aliphatic heterocycles. The average molecular weight is 270 g/mol. The Kier molecular flexibility index (Phi) is 4.90. The van der Waals surface area contributed by atoms with E-state index in [9.17, 15) is 4.79 Å². The van der Waals surface area contributed by atoms with Crippen molar-refractivity contribution in [2.45, 2.75) is 0 Å². The highest BCUT2D eigenvalue weighted by molar-refractivity contribution is 9.10. The minimum absolute atomic E-state index is 0.421. The van der Waals surface area contributed by atoms with Gasteiger partial charge >= 0.3 is 6.09 Å². The Hall–Kier alpha value is -1.29. The van der Waals surface area contributed by atoms with Crippen LogP contribution in [0.4, 0.5) is 4.79 Å². The fourth-order valence-corrected chi connectivity index (χ4v) is 1.25. The first kappa shape index (κ1) is 11.8. The van der Waals surface area contributed by atoms with E-state index in [-0.39, 0.29) is 0 Å². The van der Waals surface area contributed by atoms with Crippen molar-refractivity contribution in [2.24, 2.45) is 0 Å². The van der Waals surface area contributed by atoms with Crippen molar-refractivity contribution >= 4 is 28.1 Å². The van der Waals surface area contributed by atoms with Crippen molar-refractivity contribution in [1.82, 2.24) is 5.32 Å². The second-order valence-electron chi connectivity index (χ2n) is 2.83. The molecule has 0 aromatic heterocycles. The number of amides is 1. The van der Waals surface area contributed by atoms with Crippen molar-refractivity contribution in [2.75, 3.05) is 13.7 Å². The summed E-state index contributed by atoms with van der Waals surface area (Å²) in [4.78, 5) is 10.7. The molecule has 0 saturated heterocycles. The van der Waals surface area contributed by atoms with E-state index in [1.807, 2.05) is 36.4 Å². The summed E-state index contributed by atoms with van der Waals surface area (Å²) in [5.74, 6) is 0. The molecular formula is C11H12BrNO2. The van der Waals surface area contributed by atoms with Crippen LogP contribution in [0.1, 0.15) is 5.56 Å². The molecule has 0 aliphatic rings. The van der Waals surface area contributed by atoms with Crippen molar-refractivity contribution in [3.8, 4) is 0 Å². The maximum absolute atomic E-state index is 10.7. The second kappa shape index (κ2) is 6.24. The zero-order valence-electron chi connectivity index (χ0n) is 8.37. The van der Waals surface area contributed by atoms with E-state index in [4.69, 9.17) is 0 Å². The van der Waals surface area contributed by atoms with Crippen LogP contribution in [0.25, 0.3) is 6.08 Å². The summed E-state index contributed by atoms with van der Waals surface area (Å²) < 4.78 is 5.48. The highest BCUT2D eigenvalue weighted by Crippen LogP contribution is 2.11. The zero-order valence-corrected chi connectivity index (χ0v) is 9.95. The van der Waals surface area contributed by atoms with E-state index in [2.05, 4.69) is 26.0 Å². The van der Waals surface area contributed by atoms with Crippen LogP contribution in [-0.4, -0.2) is 19.7 Å². The van der Waals surface area contributed by atoms with Gasteiger partial charge in [0.15, 0.2) is 0 Å². The van der Waals surface area contributed by atoms with Gasteiger partial charge in [0.25, 0.3) is 0 Å². The lowest BCUT2D eigenvalue weighted by Gasteiger charge is -1.98. The van der Waals surface area contributed by atoms with Gasteiger partial charge in [0, 0.05) is 11.0 Å². The Bertz CT molecular complexity index is 346. The van der Waals surface area contributed by atoms with Gasteiger partial charge in [-0.2, -0.15) is 0 Å². The molecule has 0 radical (unpaired) electrons. The molecule has 0 saturated carbocycles. The van der Waals surface area contributed by atoms with Crippen molar-refractivity contribution in [1.29, 1.82) is 0 Å². The van der Waals surface area contributed by atoms with Gasteiger partial charge in [-0.1, -0.05) is 40.2 Å². The van der Waals surface area contributed by atoms with E-state index in [1.165, 1.54) is 7.11 Å². The maximum atomic E-state index is 10.7. The monoisotopic (exact) mass is 269 g/mol. The van der Waals surface area contributed by atoms with E-state index in [0.29, 0.717) is 6.54 Å². The molecule has 1 amide bonds. The van der Waals surface area contributed by atoms with Gasteiger partial charge in [-0.05, 0) is 17.7 Å². The van der Waals surface area contributed by atoms with E-state index in [1.54, 1.807) is 0 Å². The number of benzene rings is 1. The Morgan fingerprint density at radius 3 is 2.73 bits per heavy atom. The summed E-state index contributed by atoms with van der Waals surface area (Å²) >= 11 is 3.36. The number of ether oxygens (including phenoxy) is 1. The van der Waals surface area contributed by atoms with E-state index in [0.717, 1.165) is 10.0 Å². The molecule has 15 heavy (non-hydrogen) atoms. The molecule has 0 atom stereocenters. The van der Waals surface area contributed by atoms with Gasteiger partial charge < -0.3 is 10.1 Å². The number of carbonyl (C=O) groups excluding carboxylic acids is 1. The number of alkyl carbamates (subject to hydrolysis) is 1. The van der Waals surface area contributed by atoms with Crippen LogP contribution >= 0.6 is 15.9 Å². The topological polar surface area (TPSA) is 38.3 Å². The van der Waals surface area contributed by atoms with Gasteiger partial charge in [-0.3, -0.25) is 0 Å². The lowest BCUT2D eigenvalue weighted by atomic mass is 10.2. The lowest BCUT2D eigenvalue weighted by Crippen LogP contribution is -2.22. The molecule has 0 unspecified atom stereocenters. The zero-order chi connectivity index (χ0) is 11.1. The number of hydrogen-bond donors (Lipinski definition) is 1. The molecule has 0 spiro atoms. The lowest BCUT2D eigenvalue weighted by molar-refractivity contribution is 0.172. The highest BCUT2D eigenvalue weighted by Gasteiger charge is 1.92. The van der Waals surface area contributed by atoms with Gasteiger partial charge in [0.2, 0.25) is 0 Å². The molecule has 1 N–H and O–H groups in total. The van der Waals surface area contributed by atoms with Crippen molar-refractivity contribution in [3.63, 3.8) is 0 Å². The van der Waals surface area contributed by atoms with Crippen LogP contribution in [0.5, 0.6) is 0 Å². The molecule has 1 aromatic rings. The van der Waals surface area contributed by atoms with Crippen LogP contribution in [0.15, 0.2) is 34.8 Å². The predicted molar refractivity (Wildman–Crippen MR) is 63.6 cm³/mol. The summed E-state index contributed by atoms with van der Waals surface area (Å²) in [7, 11) is 1.34. The summed E-state index contributed by atoms with van der Waals surface area (Å²) in [6.45, 7) is 0.461. The van der Waals surface area contributed by atoms with E-state index >= 15 is 0 Å². The fourth-order valence-electron chi connectivity index (χ4n) is 0.983. The molecule has 0 bridgehead atoms. The Morgan fingerprint density at radius 1 is 1.47 bits per heavy atom. The van der Waals surface area contributed by atoms with Gasteiger partial charge in [0.05, 0.1) is 7.11 Å². The number of nitrogens with one attached hydrogen (secondary N) is 1. The number of hydrogen-bond acceptors (Lipinski definition) is 2. The average Bonchev–Trinajstić information content (AvgIpc) is 2.26. The fraction of sp³-hybridized carbons (Fsp3) is 0.182. The first-order valence-electron chi connectivity index (χ1n) is 4.46. The van der Waals surface area contributed by atoms with Crippen LogP contribution < -0.4 is 5.32 Å². The molecule has 80 valence electrons. The van der Waals surface area contributed by atoms with Gasteiger partial charge in [-0.25, -0.2) is 4.79 Å². The quantitative estimate of drug-likeness (QED) is 0.917. The van der Waals surface area contributed by atoms with Crippen LogP contribution in [0.2, 0.25) is 0 Å². The molecule has 1 rings (SSSR count). The second-order valence-corrected chi connectivity index (χ2v) is 3.74. The van der Waals surface area contributed by atoms with E-state index < -0.39 is 6.09 Å². The molecular weight excluding hydrogens is 258 g/mol. The number of carbonyl (C=O) groups is 1. The van der Waals surface area contributed by atoms with Crippen LogP contribution in [-0.2, 0) is 4.74 Å². The standard InChI is InChI=1S/C11H12BrNO2/c1-15-11(14)13-8-2-3-9-4-6-10(12)7-5-9/h2-7H,8H2,1H3,(H,13,14). The first-order chi connectivity index (χ1) is 7.22. The summed E-state index contributed by atoms with van der Waals surface area (Å²) in [5, 5.41) is 2.56. The smallest absolute Gasteiger partial charge is 0.407 e. The predicted octanol–water partition coefficient (Wildman–Crippen LogP) is 2.82. The number of methoxy groups -OCH3 is 1. The SMILES string of the molecule is COC(=O)NCC=Cc1ccc(Br)cc1. The third-order valence-corrected chi connectivity index (χ3v) is 2.26. The molecule has 3 nitrogen and oxygen atoms in total. The normalized spacial score (nSPS) is 10.3. The third kappa shape index (κ3) is 4.65. The third-order valence-electron chi connectivity index (χ3n) is 1.73. The van der Waals surface area contributed by atoms with Crippen molar-refractivity contribution < 1.29 is 9.53 Å². The minimum Gasteiger partial charge on any atom is -0.453 e. The van der Waals surface area contributed by atoms with Crippen LogP contribution in [0, 0.1) is 0 Å². The molecule has 4 heteroatoms. The first-order valence-corrected chi connectivity index (χ1v) is 5.25. The molecule has 1 aromatic carbocycles. The van der Waals surface area contributed by atoms with Crippen molar-refractivity contribution in [3.05, 3.63) is 40.4 Å². The molecule has 0 aliphatic carbocycles. The minimum atomic E-state index is -0.421. The Balaban J connectivity index is 2.38. The Labute approximate surface area is 97.3 Å². The highest BCUT2D eigenvalue weighted by atomic mass is 79.9. The number of halogens is 1. The van der Waals surface area contributed by atoms with Gasteiger partial charge in [-0.15, -0.1) is 0 Å².